The zero-order valence-corrected chi connectivity index (χ0v) is 10.1. The Labute approximate surface area is 93.3 Å². The van der Waals surface area contributed by atoms with Gasteiger partial charge in [0.25, 0.3) is 0 Å². The van der Waals surface area contributed by atoms with Crippen LogP contribution in [0, 0.1) is 11.3 Å². The first kappa shape index (κ1) is 10.2. The topological polar surface area (TPSA) is 20.2 Å². The highest BCUT2D eigenvalue weighted by molar-refractivity contribution is 9.10. The van der Waals surface area contributed by atoms with Crippen LogP contribution < -0.4 is 0 Å². The molecule has 0 aliphatic heterocycles. The molecule has 0 saturated heterocycles. The van der Waals surface area contributed by atoms with Crippen LogP contribution >= 0.6 is 15.9 Å². The molecular weight excluding hydrogens is 240 g/mol. The Kier molecular flexibility index (Phi) is 2.44. The highest BCUT2D eigenvalue weighted by atomic mass is 79.9. The lowest BCUT2D eigenvalue weighted by molar-refractivity contribution is 0.257. The fraction of sp³-hybridized carbons (Fsp3) is 0.500. The van der Waals surface area contributed by atoms with E-state index in [-0.39, 0.29) is 5.41 Å². The summed E-state index contributed by atoms with van der Waals surface area (Å²) in [6.07, 6.45) is 0. The minimum atomic E-state index is 0.266. The molecule has 1 fully saturated rings. The highest BCUT2D eigenvalue weighted by Crippen LogP contribution is 2.63. The van der Waals surface area contributed by atoms with Gasteiger partial charge in [-0.25, -0.2) is 0 Å². The fourth-order valence-electron chi connectivity index (χ4n) is 2.42. The maximum atomic E-state index is 9.22. The van der Waals surface area contributed by atoms with Crippen LogP contribution in [-0.4, -0.2) is 11.7 Å². The van der Waals surface area contributed by atoms with Crippen molar-refractivity contribution >= 4 is 15.9 Å². The van der Waals surface area contributed by atoms with Gasteiger partial charge in [-0.1, -0.05) is 41.9 Å². The lowest BCUT2D eigenvalue weighted by Gasteiger charge is -2.02. The predicted molar refractivity (Wildman–Crippen MR) is 61.2 cm³/mol. The third kappa shape index (κ3) is 1.51. The van der Waals surface area contributed by atoms with E-state index in [4.69, 9.17) is 0 Å². The summed E-state index contributed by atoms with van der Waals surface area (Å²) < 4.78 is 1.11. The van der Waals surface area contributed by atoms with E-state index < -0.39 is 0 Å². The summed E-state index contributed by atoms with van der Waals surface area (Å²) >= 11 is 3.43. The summed E-state index contributed by atoms with van der Waals surface area (Å²) in [7, 11) is 0. The van der Waals surface area contributed by atoms with Gasteiger partial charge in [-0.3, -0.25) is 0 Å². The number of halogens is 1. The maximum absolute atomic E-state index is 9.22. The molecule has 2 atom stereocenters. The van der Waals surface area contributed by atoms with Gasteiger partial charge in [0.1, 0.15) is 0 Å². The monoisotopic (exact) mass is 254 g/mol. The molecule has 2 rings (SSSR count). The number of hydrogen-bond donors (Lipinski definition) is 1. The van der Waals surface area contributed by atoms with Crippen LogP contribution in [0.4, 0.5) is 0 Å². The molecule has 0 radical (unpaired) electrons. The van der Waals surface area contributed by atoms with Gasteiger partial charge in [0.05, 0.1) is 0 Å². The van der Waals surface area contributed by atoms with Crippen molar-refractivity contribution in [2.24, 2.45) is 11.3 Å². The van der Waals surface area contributed by atoms with E-state index in [1.807, 2.05) is 0 Å². The average molecular weight is 255 g/mol. The average Bonchev–Trinajstić information content (AvgIpc) is 2.69. The molecule has 76 valence electrons. The van der Waals surface area contributed by atoms with Crippen molar-refractivity contribution in [1.82, 2.24) is 0 Å². The van der Waals surface area contributed by atoms with Crippen LogP contribution in [-0.2, 0) is 0 Å². The molecule has 0 aromatic heterocycles. The maximum Gasteiger partial charge on any atom is 0.0470 e. The number of benzene rings is 1. The molecular formula is C12H15BrO. The molecule has 0 unspecified atom stereocenters. The highest BCUT2D eigenvalue weighted by Gasteiger charge is 2.57. The molecule has 0 spiro atoms. The van der Waals surface area contributed by atoms with Crippen LogP contribution in [0.3, 0.4) is 0 Å². The van der Waals surface area contributed by atoms with E-state index in [9.17, 15) is 5.11 Å². The third-order valence-electron chi connectivity index (χ3n) is 3.48. The van der Waals surface area contributed by atoms with E-state index in [0.29, 0.717) is 18.4 Å². The molecule has 0 amide bonds. The molecule has 1 saturated carbocycles. The Morgan fingerprint density at radius 3 is 2.29 bits per heavy atom. The summed E-state index contributed by atoms with van der Waals surface area (Å²) in [4.78, 5) is 0. The number of hydrogen-bond acceptors (Lipinski definition) is 1. The molecule has 1 aromatic carbocycles. The first-order chi connectivity index (χ1) is 6.57. The summed E-state index contributed by atoms with van der Waals surface area (Å²) in [6.45, 7) is 4.74. The molecule has 0 bridgehead atoms. The summed E-state index contributed by atoms with van der Waals surface area (Å²) in [5.74, 6) is 0.962. The van der Waals surface area contributed by atoms with Crippen molar-refractivity contribution in [2.75, 3.05) is 6.61 Å². The second kappa shape index (κ2) is 3.35. The molecule has 14 heavy (non-hydrogen) atoms. The van der Waals surface area contributed by atoms with Gasteiger partial charge < -0.3 is 5.11 Å². The van der Waals surface area contributed by atoms with Gasteiger partial charge in [-0.15, -0.1) is 0 Å². The zero-order valence-electron chi connectivity index (χ0n) is 8.50. The van der Waals surface area contributed by atoms with Gasteiger partial charge in [-0.05, 0) is 34.9 Å². The molecule has 1 nitrogen and oxygen atoms in total. The minimum Gasteiger partial charge on any atom is -0.396 e. The van der Waals surface area contributed by atoms with Crippen LogP contribution in [0.1, 0.15) is 25.3 Å². The van der Waals surface area contributed by atoms with E-state index in [0.717, 1.165) is 4.47 Å². The van der Waals surface area contributed by atoms with Crippen molar-refractivity contribution in [2.45, 2.75) is 19.8 Å². The molecule has 2 heteroatoms. The summed E-state index contributed by atoms with van der Waals surface area (Å²) in [5.41, 5.74) is 1.61. The second-order valence-electron chi connectivity index (χ2n) is 4.64. The summed E-state index contributed by atoms with van der Waals surface area (Å²) in [6, 6.07) is 8.43. The van der Waals surface area contributed by atoms with Crippen molar-refractivity contribution in [3.05, 3.63) is 34.3 Å². The Bertz CT molecular complexity index is 329. The van der Waals surface area contributed by atoms with Crippen LogP contribution in [0.25, 0.3) is 0 Å². The summed E-state index contributed by atoms with van der Waals surface area (Å²) in [5, 5.41) is 9.22. The van der Waals surface area contributed by atoms with Gasteiger partial charge in [0.15, 0.2) is 0 Å². The van der Waals surface area contributed by atoms with E-state index in [1.54, 1.807) is 0 Å². The van der Waals surface area contributed by atoms with E-state index in [1.165, 1.54) is 5.56 Å². The smallest absolute Gasteiger partial charge is 0.0470 e. The second-order valence-corrected chi connectivity index (χ2v) is 5.56. The SMILES string of the molecule is CC1(C)[C@@H](CO)[C@@H]1c1ccc(Br)cc1. The first-order valence-electron chi connectivity index (χ1n) is 4.93. The Hall–Kier alpha value is -0.340. The number of aliphatic hydroxyl groups is 1. The van der Waals surface area contributed by atoms with Crippen molar-refractivity contribution in [1.29, 1.82) is 0 Å². The van der Waals surface area contributed by atoms with Crippen LogP contribution in [0.2, 0.25) is 0 Å². The largest absolute Gasteiger partial charge is 0.396 e. The standard InChI is InChI=1S/C12H15BrO/c1-12(2)10(7-14)11(12)8-3-5-9(13)6-4-8/h3-6,10-11,14H,7H2,1-2H3/t10-,11-/m0/s1. The molecule has 1 N–H and O–H groups in total. The number of aliphatic hydroxyl groups excluding tert-OH is 1. The Balaban J connectivity index is 2.22. The molecule has 1 aliphatic carbocycles. The van der Waals surface area contributed by atoms with Gasteiger partial charge in [-0.2, -0.15) is 0 Å². The Morgan fingerprint density at radius 2 is 1.86 bits per heavy atom. The lowest BCUT2D eigenvalue weighted by atomic mass is 10.0. The van der Waals surface area contributed by atoms with Crippen LogP contribution in [0.5, 0.6) is 0 Å². The first-order valence-corrected chi connectivity index (χ1v) is 5.73. The predicted octanol–water partition coefficient (Wildman–Crippen LogP) is 3.18. The van der Waals surface area contributed by atoms with Crippen molar-refractivity contribution < 1.29 is 5.11 Å². The van der Waals surface area contributed by atoms with E-state index >= 15 is 0 Å². The van der Waals surface area contributed by atoms with Crippen molar-refractivity contribution in [3.8, 4) is 0 Å². The third-order valence-corrected chi connectivity index (χ3v) is 4.00. The zero-order chi connectivity index (χ0) is 10.3. The number of rotatable bonds is 2. The quantitative estimate of drug-likeness (QED) is 0.860. The molecule has 0 heterocycles. The van der Waals surface area contributed by atoms with Crippen molar-refractivity contribution in [3.63, 3.8) is 0 Å². The fourth-order valence-corrected chi connectivity index (χ4v) is 2.68. The van der Waals surface area contributed by atoms with E-state index in [2.05, 4.69) is 54.0 Å². The van der Waals surface area contributed by atoms with Gasteiger partial charge >= 0.3 is 0 Å². The molecule has 1 aromatic rings. The minimum absolute atomic E-state index is 0.266. The normalized spacial score (nSPS) is 28.9. The van der Waals surface area contributed by atoms with Crippen LogP contribution in [0.15, 0.2) is 28.7 Å². The van der Waals surface area contributed by atoms with Gasteiger partial charge in [0, 0.05) is 11.1 Å². The Morgan fingerprint density at radius 1 is 1.29 bits per heavy atom. The molecule has 1 aliphatic rings. The van der Waals surface area contributed by atoms with Gasteiger partial charge in [0.2, 0.25) is 0 Å². The lowest BCUT2D eigenvalue weighted by Crippen LogP contribution is -1.93.